The van der Waals surface area contributed by atoms with Crippen LogP contribution in [-0.4, -0.2) is 29.9 Å². The van der Waals surface area contributed by atoms with E-state index in [-0.39, 0.29) is 6.10 Å². The van der Waals surface area contributed by atoms with Crippen LogP contribution in [0, 0.1) is 0 Å². The van der Waals surface area contributed by atoms with E-state index >= 15 is 0 Å². The molecule has 0 aromatic heterocycles. The summed E-state index contributed by atoms with van der Waals surface area (Å²) in [6.07, 6.45) is 1.04. The number of hydrogen-bond donors (Lipinski definition) is 0. The lowest BCUT2D eigenvalue weighted by atomic mass is 10.1. The van der Waals surface area contributed by atoms with Gasteiger partial charge in [0.25, 0.3) is 0 Å². The summed E-state index contributed by atoms with van der Waals surface area (Å²) < 4.78 is 16.5. The maximum absolute atomic E-state index is 5.53. The Kier molecular flexibility index (Phi) is 5.84. The van der Waals surface area contributed by atoms with Crippen molar-refractivity contribution in [2.45, 2.75) is 25.1 Å². The van der Waals surface area contributed by atoms with Gasteiger partial charge in [-0.05, 0) is 24.6 Å². The second kappa shape index (κ2) is 6.91. The van der Waals surface area contributed by atoms with Gasteiger partial charge < -0.3 is 13.6 Å². The SMILES string of the molecule is COC(CC[Si](C)(OC)OC)c1ccccc1. The molecule has 0 amide bonds. The van der Waals surface area contributed by atoms with E-state index in [0.717, 1.165) is 12.5 Å². The smallest absolute Gasteiger partial charge is 0.334 e. The fourth-order valence-electron chi connectivity index (χ4n) is 1.77. The molecule has 0 heterocycles. The summed E-state index contributed by atoms with van der Waals surface area (Å²) in [5.74, 6) is 0. The molecular formula is C13H22O3Si. The highest BCUT2D eigenvalue weighted by atomic mass is 28.4. The van der Waals surface area contributed by atoms with E-state index in [4.69, 9.17) is 13.6 Å². The maximum atomic E-state index is 5.53. The van der Waals surface area contributed by atoms with Crippen molar-refractivity contribution in [1.82, 2.24) is 0 Å². The Hall–Kier alpha value is -0.683. The summed E-state index contributed by atoms with van der Waals surface area (Å²) in [6.45, 7) is 2.07. The zero-order chi connectivity index (χ0) is 12.7. The fourth-order valence-corrected chi connectivity index (χ4v) is 3.13. The Bertz CT molecular complexity index is 312. The number of ether oxygens (including phenoxy) is 1. The van der Waals surface area contributed by atoms with E-state index in [9.17, 15) is 0 Å². The van der Waals surface area contributed by atoms with Gasteiger partial charge in [-0.25, -0.2) is 0 Å². The summed E-state index contributed by atoms with van der Waals surface area (Å²) in [5, 5.41) is 0. The Morgan fingerprint density at radius 3 is 2.12 bits per heavy atom. The highest BCUT2D eigenvalue weighted by Crippen LogP contribution is 2.26. The predicted molar refractivity (Wildman–Crippen MR) is 71.3 cm³/mol. The fraction of sp³-hybridized carbons (Fsp3) is 0.538. The summed E-state index contributed by atoms with van der Waals surface area (Å²) >= 11 is 0. The molecule has 0 saturated carbocycles. The van der Waals surface area contributed by atoms with Gasteiger partial charge in [0.05, 0.1) is 6.10 Å². The van der Waals surface area contributed by atoms with Gasteiger partial charge in [-0.1, -0.05) is 30.3 Å². The zero-order valence-corrected chi connectivity index (χ0v) is 12.1. The first kappa shape index (κ1) is 14.4. The van der Waals surface area contributed by atoms with Gasteiger partial charge in [-0.3, -0.25) is 0 Å². The minimum absolute atomic E-state index is 0.119. The molecule has 0 aliphatic heterocycles. The molecule has 4 heteroatoms. The largest absolute Gasteiger partial charge is 0.398 e. The molecule has 0 saturated heterocycles. The summed E-state index contributed by atoms with van der Waals surface area (Å²) in [4.78, 5) is 0. The molecule has 0 fully saturated rings. The molecule has 17 heavy (non-hydrogen) atoms. The molecule has 1 atom stereocenters. The third kappa shape index (κ3) is 4.24. The Labute approximate surface area is 105 Å². The maximum Gasteiger partial charge on any atom is 0.334 e. The van der Waals surface area contributed by atoms with Crippen LogP contribution < -0.4 is 0 Å². The minimum atomic E-state index is -1.99. The number of methoxy groups -OCH3 is 1. The lowest BCUT2D eigenvalue weighted by Gasteiger charge is -2.25. The van der Waals surface area contributed by atoms with Crippen molar-refractivity contribution in [3.63, 3.8) is 0 Å². The predicted octanol–water partition coefficient (Wildman–Crippen LogP) is 3.13. The topological polar surface area (TPSA) is 27.7 Å². The van der Waals surface area contributed by atoms with Crippen molar-refractivity contribution in [2.75, 3.05) is 21.3 Å². The molecule has 96 valence electrons. The van der Waals surface area contributed by atoms with Gasteiger partial charge in [0.15, 0.2) is 0 Å². The Morgan fingerprint density at radius 2 is 1.65 bits per heavy atom. The number of hydrogen-bond acceptors (Lipinski definition) is 3. The van der Waals surface area contributed by atoms with Crippen molar-refractivity contribution < 1.29 is 13.6 Å². The number of rotatable bonds is 7. The molecule has 3 nitrogen and oxygen atoms in total. The first-order chi connectivity index (χ1) is 8.15. The Morgan fingerprint density at radius 1 is 1.06 bits per heavy atom. The average Bonchev–Trinajstić information content (AvgIpc) is 2.40. The van der Waals surface area contributed by atoms with Crippen molar-refractivity contribution in [3.8, 4) is 0 Å². The van der Waals surface area contributed by atoms with Crippen molar-refractivity contribution >= 4 is 8.56 Å². The second-order valence-corrected chi connectivity index (χ2v) is 7.80. The van der Waals surface area contributed by atoms with E-state index < -0.39 is 8.56 Å². The molecular weight excluding hydrogens is 232 g/mol. The van der Waals surface area contributed by atoms with E-state index in [0.29, 0.717) is 0 Å². The van der Waals surface area contributed by atoms with E-state index in [2.05, 4.69) is 18.7 Å². The van der Waals surface area contributed by atoms with E-state index in [1.807, 2.05) is 18.2 Å². The van der Waals surface area contributed by atoms with Crippen LogP contribution in [0.4, 0.5) is 0 Å². The lowest BCUT2D eigenvalue weighted by molar-refractivity contribution is 0.0965. The van der Waals surface area contributed by atoms with Crippen molar-refractivity contribution in [1.29, 1.82) is 0 Å². The molecule has 0 N–H and O–H groups in total. The first-order valence-corrected chi connectivity index (χ1v) is 8.35. The van der Waals surface area contributed by atoms with Crippen LogP contribution in [-0.2, 0) is 13.6 Å². The molecule has 1 unspecified atom stereocenters. The molecule has 1 aromatic rings. The summed E-state index contributed by atoms with van der Waals surface area (Å²) in [5.41, 5.74) is 1.21. The highest BCUT2D eigenvalue weighted by Gasteiger charge is 2.29. The van der Waals surface area contributed by atoms with Crippen LogP contribution in [0.2, 0.25) is 12.6 Å². The van der Waals surface area contributed by atoms with Crippen LogP contribution >= 0.6 is 0 Å². The van der Waals surface area contributed by atoms with Crippen LogP contribution in [0.15, 0.2) is 30.3 Å². The van der Waals surface area contributed by atoms with Gasteiger partial charge in [-0.15, -0.1) is 0 Å². The van der Waals surface area contributed by atoms with Gasteiger partial charge in [0, 0.05) is 21.3 Å². The van der Waals surface area contributed by atoms with E-state index in [1.54, 1.807) is 21.3 Å². The van der Waals surface area contributed by atoms with Gasteiger partial charge in [0.2, 0.25) is 0 Å². The van der Waals surface area contributed by atoms with Gasteiger partial charge >= 0.3 is 8.56 Å². The quantitative estimate of drug-likeness (QED) is 0.700. The Balaban J connectivity index is 2.60. The van der Waals surface area contributed by atoms with E-state index in [1.165, 1.54) is 5.56 Å². The van der Waals surface area contributed by atoms with Gasteiger partial charge in [-0.2, -0.15) is 0 Å². The van der Waals surface area contributed by atoms with Crippen molar-refractivity contribution in [3.05, 3.63) is 35.9 Å². The third-order valence-corrected chi connectivity index (χ3v) is 6.10. The molecule has 0 spiro atoms. The van der Waals surface area contributed by atoms with Crippen molar-refractivity contribution in [2.24, 2.45) is 0 Å². The minimum Gasteiger partial charge on any atom is -0.398 e. The highest BCUT2D eigenvalue weighted by molar-refractivity contribution is 6.65. The molecule has 0 aliphatic carbocycles. The van der Waals surface area contributed by atoms with Crippen LogP contribution in [0.5, 0.6) is 0 Å². The van der Waals surface area contributed by atoms with Gasteiger partial charge in [0.1, 0.15) is 0 Å². The monoisotopic (exact) mass is 254 g/mol. The zero-order valence-electron chi connectivity index (χ0n) is 11.1. The van der Waals surface area contributed by atoms with Crippen LogP contribution in [0.1, 0.15) is 18.1 Å². The summed E-state index contributed by atoms with van der Waals surface area (Å²) in [6, 6.07) is 11.2. The lowest BCUT2D eigenvalue weighted by Crippen LogP contribution is -2.36. The standard InChI is InChI=1S/C13H22O3Si/c1-14-13(12-8-6-5-7-9-12)10-11-17(4,15-2)16-3/h5-9,13H,10-11H2,1-4H3. The van der Waals surface area contributed by atoms with Crippen LogP contribution in [0.3, 0.4) is 0 Å². The second-order valence-electron chi connectivity index (χ2n) is 4.22. The average molecular weight is 254 g/mol. The molecule has 0 aliphatic rings. The number of benzene rings is 1. The molecule has 0 radical (unpaired) electrons. The molecule has 0 bridgehead atoms. The normalized spacial score (nSPS) is 13.6. The molecule has 1 aromatic carbocycles. The van der Waals surface area contributed by atoms with Crippen LogP contribution in [0.25, 0.3) is 0 Å². The summed E-state index contributed by atoms with van der Waals surface area (Å²) in [7, 11) is 3.20. The first-order valence-electron chi connectivity index (χ1n) is 5.83. The third-order valence-electron chi connectivity index (χ3n) is 3.18. The molecule has 1 rings (SSSR count).